The number of aryl methyl sites for hydroxylation is 1. The Hall–Kier alpha value is -2.00. The molecular formula is C17H15NOS. The molecule has 0 atom stereocenters. The van der Waals surface area contributed by atoms with E-state index in [9.17, 15) is 5.11 Å². The van der Waals surface area contributed by atoms with E-state index in [4.69, 9.17) is 0 Å². The number of para-hydroxylation sites is 1. The Morgan fingerprint density at radius 2 is 1.75 bits per heavy atom. The first kappa shape index (κ1) is 13.0. The van der Waals surface area contributed by atoms with Crippen molar-refractivity contribution >= 4 is 22.7 Å². The van der Waals surface area contributed by atoms with Crippen molar-refractivity contribution in [1.29, 1.82) is 0 Å². The van der Waals surface area contributed by atoms with Crippen LogP contribution in [0.5, 0.6) is 5.75 Å². The fourth-order valence-electron chi connectivity index (χ4n) is 2.13. The monoisotopic (exact) mass is 281 g/mol. The van der Waals surface area contributed by atoms with Crippen LogP contribution < -0.4 is 0 Å². The molecule has 0 aliphatic rings. The first-order valence-electron chi connectivity index (χ1n) is 6.57. The Kier molecular flexibility index (Phi) is 3.88. The molecule has 2 nitrogen and oxygen atoms in total. The van der Waals surface area contributed by atoms with E-state index in [2.05, 4.69) is 29.2 Å². The summed E-state index contributed by atoms with van der Waals surface area (Å²) in [4.78, 5) is 5.69. The smallest absolute Gasteiger partial charge is 0.115 e. The second kappa shape index (κ2) is 5.97. The Labute approximate surface area is 122 Å². The van der Waals surface area contributed by atoms with Gasteiger partial charge in [-0.1, -0.05) is 30.3 Å². The van der Waals surface area contributed by atoms with E-state index >= 15 is 0 Å². The zero-order valence-corrected chi connectivity index (χ0v) is 11.8. The Morgan fingerprint density at radius 3 is 2.60 bits per heavy atom. The van der Waals surface area contributed by atoms with Gasteiger partial charge in [0.25, 0.3) is 0 Å². The van der Waals surface area contributed by atoms with Crippen LogP contribution in [-0.4, -0.2) is 15.8 Å². The van der Waals surface area contributed by atoms with Gasteiger partial charge in [-0.25, -0.2) is 0 Å². The molecule has 0 amide bonds. The maximum absolute atomic E-state index is 9.26. The zero-order chi connectivity index (χ0) is 13.8. The number of benzene rings is 2. The standard InChI is InChI=1S/C17H15NOS/c19-15-8-6-13(7-9-15)10-12-20-16-5-1-3-14-4-2-11-18-17(14)16/h1-9,11,19H,10,12H2. The summed E-state index contributed by atoms with van der Waals surface area (Å²) in [6.07, 6.45) is 2.82. The lowest BCUT2D eigenvalue weighted by Gasteiger charge is -2.05. The molecule has 2 aromatic carbocycles. The number of hydrogen-bond donors (Lipinski definition) is 1. The Morgan fingerprint density at radius 1 is 0.950 bits per heavy atom. The van der Waals surface area contributed by atoms with Gasteiger partial charge >= 0.3 is 0 Å². The van der Waals surface area contributed by atoms with Crippen LogP contribution >= 0.6 is 11.8 Å². The molecule has 0 bridgehead atoms. The number of phenolic OH excluding ortho intramolecular Hbond substituents is 1. The number of phenols is 1. The van der Waals surface area contributed by atoms with E-state index < -0.39 is 0 Å². The summed E-state index contributed by atoms with van der Waals surface area (Å²) in [6.45, 7) is 0. The first-order valence-corrected chi connectivity index (χ1v) is 7.56. The van der Waals surface area contributed by atoms with E-state index in [1.165, 1.54) is 15.8 Å². The molecule has 20 heavy (non-hydrogen) atoms. The minimum absolute atomic E-state index is 0.319. The molecule has 1 heterocycles. The van der Waals surface area contributed by atoms with Crippen LogP contribution in [-0.2, 0) is 6.42 Å². The summed E-state index contributed by atoms with van der Waals surface area (Å²) in [7, 11) is 0. The van der Waals surface area contributed by atoms with Crippen LogP contribution in [0.1, 0.15) is 5.56 Å². The molecule has 0 spiro atoms. The second-order valence-electron chi connectivity index (χ2n) is 4.60. The summed E-state index contributed by atoms with van der Waals surface area (Å²) in [6, 6.07) is 17.8. The number of nitrogens with zero attached hydrogens (tertiary/aromatic N) is 1. The van der Waals surface area contributed by atoms with Crippen LogP contribution in [0.3, 0.4) is 0 Å². The molecule has 3 rings (SSSR count). The van der Waals surface area contributed by atoms with Gasteiger partial charge < -0.3 is 5.11 Å². The van der Waals surface area contributed by atoms with Gasteiger partial charge in [0.2, 0.25) is 0 Å². The SMILES string of the molecule is Oc1ccc(CCSc2cccc3cccnc23)cc1. The van der Waals surface area contributed by atoms with E-state index in [-0.39, 0.29) is 0 Å². The van der Waals surface area contributed by atoms with Crippen molar-refractivity contribution < 1.29 is 5.11 Å². The summed E-state index contributed by atoms with van der Waals surface area (Å²) in [5, 5.41) is 10.4. The van der Waals surface area contributed by atoms with Crippen molar-refractivity contribution in [3.63, 3.8) is 0 Å². The summed E-state index contributed by atoms with van der Waals surface area (Å²) in [5.41, 5.74) is 2.31. The van der Waals surface area contributed by atoms with Crippen molar-refractivity contribution in [2.24, 2.45) is 0 Å². The number of thioether (sulfide) groups is 1. The maximum Gasteiger partial charge on any atom is 0.115 e. The van der Waals surface area contributed by atoms with Crippen LogP contribution in [0.4, 0.5) is 0 Å². The third-order valence-corrected chi connectivity index (χ3v) is 4.23. The largest absolute Gasteiger partial charge is 0.508 e. The fraction of sp³-hybridized carbons (Fsp3) is 0.118. The van der Waals surface area contributed by atoms with E-state index in [0.29, 0.717) is 5.75 Å². The van der Waals surface area contributed by atoms with Gasteiger partial charge in [0.15, 0.2) is 0 Å². The highest BCUT2D eigenvalue weighted by atomic mass is 32.2. The average molecular weight is 281 g/mol. The lowest BCUT2D eigenvalue weighted by molar-refractivity contribution is 0.475. The van der Waals surface area contributed by atoms with Crippen molar-refractivity contribution in [2.75, 3.05) is 5.75 Å². The molecule has 0 fully saturated rings. The predicted molar refractivity (Wildman–Crippen MR) is 84.3 cm³/mol. The highest BCUT2D eigenvalue weighted by molar-refractivity contribution is 7.99. The Bertz CT molecular complexity index is 704. The van der Waals surface area contributed by atoms with Crippen molar-refractivity contribution in [2.45, 2.75) is 11.3 Å². The minimum Gasteiger partial charge on any atom is -0.508 e. The zero-order valence-electron chi connectivity index (χ0n) is 11.0. The molecule has 0 unspecified atom stereocenters. The summed E-state index contributed by atoms with van der Waals surface area (Å²) in [5.74, 6) is 1.32. The van der Waals surface area contributed by atoms with Crippen molar-refractivity contribution in [1.82, 2.24) is 4.98 Å². The quantitative estimate of drug-likeness (QED) is 0.725. The number of hydrogen-bond acceptors (Lipinski definition) is 3. The molecule has 3 heteroatoms. The molecule has 3 aromatic rings. The third-order valence-electron chi connectivity index (χ3n) is 3.18. The molecule has 1 aromatic heterocycles. The van der Waals surface area contributed by atoms with Gasteiger partial charge in [0.05, 0.1) is 5.52 Å². The van der Waals surface area contributed by atoms with Gasteiger partial charge in [0, 0.05) is 22.2 Å². The number of pyridine rings is 1. The molecule has 0 aliphatic carbocycles. The van der Waals surface area contributed by atoms with Gasteiger partial charge in [0.1, 0.15) is 5.75 Å². The molecule has 0 saturated heterocycles. The lowest BCUT2D eigenvalue weighted by atomic mass is 10.2. The van der Waals surface area contributed by atoms with Gasteiger partial charge in [-0.15, -0.1) is 11.8 Å². The average Bonchev–Trinajstić information content (AvgIpc) is 2.49. The van der Waals surface area contributed by atoms with E-state index in [1.807, 2.05) is 36.2 Å². The maximum atomic E-state index is 9.26. The molecule has 0 radical (unpaired) electrons. The molecule has 0 aliphatic heterocycles. The summed E-state index contributed by atoms with van der Waals surface area (Å²) >= 11 is 1.82. The first-order chi connectivity index (χ1) is 9.83. The van der Waals surface area contributed by atoms with Gasteiger partial charge in [-0.2, -0.15) is 0 Å². The highest BCUT2D eigenvalue weighted by Crippen LogP contribution is 2.26. The summed E-state index contributed by atoms with van der Waals surface area (Å²) < 4.78 is 0. The molecule has 0 saturated carbocycles. The third kappa shape index (κ3) is 2.94. The van der Waals surface area contributed by atoms with Gasteiger partial charge in [-0.05, 0) is 36.2 Å². The van der Waals surface area contributed by atoms with E-state index in [0.717, 1.165) is 17.7 Å². The number of aromatic hydroxyl groups is 1. The molecule has 100 valence electrons. The van der Waals surface area contributed by atoms with E-state index in [1.54, 1.807) is 12.1 Å². The van der Waals surface area contributed by atoms with Crippen LogP contribution in [0.2, 0.25) is 0 Å². The normalized spacial score (nSPS) is 10.8. The van der Waals surface area contributed by atoms with Gasteiger partial charge in [-0.3, -0.25) is 4.98 Å². The lowest BCUT2D eigenvalue weighted by Crippen LogP contribution is -1.89. The topological polar surface area (TPSA) is 33.1 Å². The number of aromatic nitrogens is 1. The Balaban J connectivity index is 1.69. The molecule has 1 N–H and O–H groups in total. The van der Waals surface area contributed by atoms with Crippen molar-refractivity contribution in [3.05, 3.63) is 66.4 Å². The second-order valence-corrected chi connectivity index (χ2v) is 5.73. The minimum atomic E-state index is 0.319. The number of rotatable bonds is 4. The van der Waals surface area contributed by atoms with Crippen LogP contribution in [0.25, 0.3) is 10.9 Å². The highest BCUT2D eigenvalue weighted by Gasteiger charge is 2.02. The van der Waals surface area contributed by atoms with Crippen LogP contribution in [0.15, 0.2) is 65.7 Å². The van der Waals surface area contributed by atoms with Crippen LogP contribution in [0, 0.1) is 0 Å². The number of fused-ring (bicyclic) bond motifs is 1. The van der Waals surface area contributed by atoms with Crippen molar-refractivity contribution in [3.8, 4) is 5.75 Å². The fourth-order valence-corrected chi connectivity index (χ4v) is 3.17. The predicted octanol–water partition coefficient (Wildman–Crippen LogP) is 4.28. The molecular weight excluding hydrogens is 266 g/mol.